The molecule has 0 aliphatic carbocycles. The third-order valence-corrected chi connectivity index (χ3v) is 5.89. The van der Waals surface area contributed by atoms with E-state index in [-0.39, 0.29) is 5.91 Å². The fraction of sp³-hybridized carbons (Fsp3) is 0.583. The van der Waals surface area contributed by atoms with Gasteiger partial charge in [-0.2, -0.15) is 0 Å². The summed E-state index contributed by atoms with van der Waals surface area (Å²) in [7, 11) is 1.89. The van der Waals surface area contributed by atoms with Crippen LogP contribution in [-0.4, -0.2) is 34.1 Å². The molecule has 0 saturated heterocycles. The van der Waals surface area contributed by atoms with Crippen LogP contribution in [0.1, 0.15) is 79.0 Å². The lowest BCUT2D eigenvalue weighted by Crippen LogP contribution is -2.43. The fourth-order valence-corrected chi connectivity index (χ4v) is 4.57. The van der Waals surface area contributed by atoms with Gasteiger partial charge in [0.05, 0.1) is 12.4 Å². The maximum absolute atomic E-state index is 13.1. The average Bonchev–Trinajstić information content (AvgIpc) is 3.03. The van der Waals surface area contributed by atoms with Crippen LogP contribution in [0.25, 0.3) is 0 Å². The van der Waals surface area contributed by atoms with Crippen molar-refractivity contribution in [3.63, 3.8) is 0 Å². The van der Waals surface area contributed by atoms with Crippen molar-refractivity contribution in [3.05, 3.63) is 40.3 Å². The molecule has 0 fully saturated rings. The molecule has 0 spiro atoms. The molecule has 3 rings (SSSR count). The molecule has 1 aromatic carbocycles. The van der Waals surface area contributed by atoms with Crippen LogP contribution in [0.3, 0.4) is 0 Å². The van der Waals surface area contributed by atoms with Gasteiger partial charge in [-0.3, -0.25) is 4.79 Å². The zero-order chi connectivity index (χ0) is 21.1. The summed E-state index contributed by atoms with van der Waals surface area (Å²) in [5, 5.41) is 0. The molecule has 1 aliphatic rings. The predicted octanol–water partition coefficient (Wildman–Crippen LogP) is 5.52. The van der Waals surface area contributed by atoms with Gasteiger partial charge in [-0.15, -0.1) is 0 Å². The molecule has 1 aliphatic heterocycles. The first kappa shape index (κ1) is 21.4. The Bertz CT molecular complexity index is 860. The van der Waals surface area contributed by atoms with Gasteiger partial charge in [0.15, 0.2) is 11.5 Å². The van der Waals surface area contributed by atoms with Crippen LogP contribution in [0.4, 0.5) is 11.5 Å². The Kier molecular flexibility index (Phi) is 6.66. The number of aromatic nitrogens is 2. The molecule has 0 bridgehead atoms. The van der Waals surface area contributed by atoms with Gasteiger partial charge < -0.3 is 14.4 Å². The van der Waals surface area contributed by atoms with E-state index in [4.69, 9.17) is 4.98 Å². The second kappa shape index (κ2) is 9.02. The SMILES string of the molecule is CCCCCCCn1c(CC)nc2c1C(=O)N(C)CN2c1c(C)cc(C)cc1C. The van der Waals surface area contributed by atoms with E-state index in [1.54, 1.807) is 0 Å². The van der Waals surface area contributed by atoms with Gasteiger partial charge in [-0.25, -0.2) is 4.98 Å². The van der Waals surface area contributed by atoms with E-state index in [0.29, 0.717) is 6.67 Å². The Hall–Kier alpha value is -2.30. The highest BCUT2D eigenvalue weighted by Crippen LogP contribution is 2.37. The number of imidazole rings is 1. The number of fused-ring (bicyclic) bond motifs is 1. The highest BCUT2D eigenvalue weighted by Gasteiger charge is 2.35. The third-order valence-electron chi connectivity index (χ3n) is 5.89. The lowest BCUT2D eigenvalue weighted by molar-refractivity contribution is 0.0775. The Labute approximate surface area is 175 Å². The van der Waals surface area contributed by atoms with E-state index < -0.39 is 0 Å². The predicted molar refractivity (Wildman–Crippen MR) is 120 cm³/mol. The van der Waals surface area contributed by atoms with E-state index in [9.17, 15) is 4.79 Å². The molecular weight excluding hydrogens is 360 g/mol. The summed E-state index contributed by atoms with van der Waals surface area (Å²) < 4.78 is 2.19. The van der Waals surface area contributed by atoms with Crippen molar-refractivity contribution in [2.75, 3.05) is 18.6 Å². The standard InChI is InChI=1S/C24H36N4O/c1-7-9-10-11-12-13-27-20(8-2)25-23-22(27)24(29)26(6)16-28(23)21-18(4)14-17(3)15-19(21)5/h14-15H,7-13,16H2,1-6H3. The van der Waals surface area contributed by atoms with Gasteiger partial charge in [0.25, 0.3) is 5.91 Å². The molecule has 1 aromatic heterocycles. The number of carbonyl (C=O) groups is 1. The summed E-state index contributed by atoms with van der Waals surface area (Å²) in [5.74, 6) is 1.93. The van der Waals surface area contributed by atoms with Crippen LogP contribution in [0, 0.1) is 20.8 Å². The van der Waals surface area contributed by atoms with Crippen LogP contribution in [-0.2, 0) is 13.0 Å². The number of anilines is 2. The molecular formula is C24H36N4O. The first-order valence-corrected chi connectivity index (χ1v) is 11.1. The minimum absolute atomic E-state index is 0.0828. The number of hydrogen-bond acceptors (Lipinski definition) is 3. The molecule has 0 N–H and O–H groups in total. The maximum Gasteiger partial charge on any atom is 0.275 e. The summed E-state index contributed by atoms with van der Waals surface area (Å²) in [5.41, 5.74) is 5.64. The number of nitrogens with zero attached hydrogens (tertiary/aromatic N) is 4. The van der Waals surface area contributed by atoms with E-state index in [1.807, 2.05) is 11.9 Å². The molecule has 2 heterocycles. The van der Waals surface area contributed by atoms with Crippen LogP contribution < -0.4 is 4.90 Å². The highest BCUT2D eigenvalue weighted by molar-refractivity contribution is 6.00. The molecule has 2 aromatic rings. The number of unbranched alkanes of at least 4 members (excludes halogenated alkanes) is 4. The van der Waals surface area contributed by atoms with Crippen LogP contribution in [0.5, 0.6) is 0 Å². The zero-order valence-electron chi connectivity index (χ0n) is 19.0. The van der Waals surface area contributed by atoms with E-state index >= 15 is 0 Å². The first-order chi connectivity index (χ1) is 13.9. The van der Waals surface area contributed by atoms with Crippen molar-refractivity contribution in [3.8, 4) is 0 Å². The number of amides is 1. The monoisotopic (exact) mass is 396 g/mol. The van der Waals surface area contributed by atoms with Gasteiger partial charge in [0, 0.05) is 20.0 Å². The molecule has 5 heteroatoms. The van der Waals surface area contributed by atoms with Crippen LogP contribution >= 0.6 is 0 Å². The lowest BCUT2D eigenvalue weighted by atomic mass is 10.0. The first-order valence-electron chi connectivity index (χ1n) is 11.1. The third kappa shape index (κ3) is 4.19. The second-order valence-electron chi connectivity index (χ2n) is 8.44. The minimum atomic E-state index is 0.0828. The summed E-state index contributed by atoms with van der Waals surface area (Å²) in [6.07, 6.45) is 6.91. The van der Waals surface area contributed by atoms with Crippen molar-refractivity contribution in [2.45, 2.75) is 79.7 Å². The van der Waals surface area contributed by atoms with Gasteiger partial charge in [-0.1, -0.05) is 57.2 Å². The average molecular weight is 397 g/mol. The van der Waals surface area contributed by atoms with Crippen molar-refractivity contribution in [1.29, 1.82) is 0 Å². The number of hydrogen-bond donors (Lipinski definition) is 0. The number of benzene rings is 1. The molecule has 29 heavy (non-hydrogen) atoms. The van der Waals surface area contributed by atoms with Crippen molar-refractivity contribution < 1.29 is 4.79 Å². The van der Waals surface area contributed by atoms with Crippen molar-refractivity contribution >= 4 is 17.4 Å². The van der Waals surface area contributed by atoms with E-state index in [0.717, 1.165) is 36.7 Å². The van der Waals surface area contributed by atoms with E-state index in [1.165, 1.54) is 48.1 Å². The lowest BCUT2D eigenvalue weighted by Gasteiger charge is -2.35. The number of rotatable bonds is 8. The second-order valence-corrected chi connectivity index (χ2v) is 8.44. The van der Waals surface area contributed by atoms with Gasteiger partial charge in [0.1, 0.15) is 5.82 Å². The smallest absolute Gasteiger partial charge is 0.275 e. The largest absolute Gasteiger partial charge is 0.322 e. The quantitative estimate of drug-likeness (QED) is 0.552. The maximum atomic E-state index is 13.1. The molecule has 0 saturated carbocycles. The molecule has 158 valence electrons. The van der Waals surface area contributed by atoms with Crippen molar-refractivity contribution in [2.24, 2.45) is 0 Å². The van der Waals surface area contributed by atoms with Crippen LogP contribution in [0.15, 0.2) is 12.1 Å². The Balaban J connectivity index is 2.02. The number of carbonyl (C=O) groups excluding carboxylic acids is 1. The summed E-state index contributed by atoms with van der Waals surface area (Å²) in [6, 6.07) is 4.42. The molecule has 5 nitrogen and oxygen atoms in total. The molecule has 0 radical (unpaired) electrons. The molecule has 1 amide bonds. The van der Waals surface area contributed by atoms with Crippen LogP contribution in [0.2, 0.25) is 0 Å². The number of aryl methyl sites for hydroxylation is 4. The zero-order valence-corrected chi connectivity index (χ0v) is 19.0. The summed E-state index contributed by atoms with van der Waals surface area (Å²) in [4.78, 5) is 22.2. The summed E-state index contributed by atoms with van der Waals surface area (Å²) >= 11 is 0. The minimum Gasteiger partial charge on any atom is -0.322 e. The Morgan fingerprint density at radius 1 is 1.00 bits per heavy atom. The molecule has 0 atom stereocenters. The normalized spacial score (nSPS) is 13.9. The highest BCUT2D eigenvalue weighted by atomic mass is 16.2. The van der Waals surface area contributed by atoms with Crippen molar-refractivity contribution in [1.82, 2.24) is 14.5 Å². The van der Waals surface area contributed by atoms with Gasteiger partial charge >= 0.3 is 0 Å². The van der Waals surface area contributed by atoms with Gasteiger partial charge in [-0.05, 0) is 38.3 Å². The van der Waals surface area contributed by atoms with Gasteiger partial charge in [0.2, 0.25) is 0 Å². The fourth-order valence-electron chi connectivity index (χ4n) is 4.57. The summed E-state index contributed by atoms with van der Waals surface area (Å²) in [6.45, 7) is 12.2. The Morgan fingerprint density at radius 3 is 2.28 bits per heavy atom. The Morgan fingerprint density at radius 2 is 1.66 bits per heavy atom. The molecule has 0 unspecified atom stereocenters. The van der Waals surface area contributed by atoms with E-state index in [2.05, 4.69) is 56.2 Å². The topological polar surface area (TPSA) is 41.4 Å².